The first-order valence-electron chi connectivity index (χ1n) is 3.77. The van der Waals surface area contributed by atoms with Crippen LogP contribution in [0.2, 0.25) is 0 Å². The first-order valence-corrected chi connectivity index (χ1v) is 3.77. The van der Waals surface area contributed by atoms with Gasteiger partial charge in [-0.15, -0.1) is 0 Å². The van der Waals surface area contributed by atoms with Crippen LogP contribution in [0.25, 0.3) is 0 Å². The molecule has 3 N–H and O–H groups in total. The highest BCUT2D eigenvalue weighted by atomic mass is 16.3. The molecule has 1 rings (SSSR count). The van der Waals surface area contributed by atoms with Crippen molar-refractivity contribution >= 4 is 0 Å². The lowest BCUT2D eigenvalue weighted by Gasteiger charge is -2.08. The molecule has 0 spiro atoms. The molecule has 1 atom stereocenters. The number of hydrogen-bond donors (Lipinski definition) is 3. The minimum Gasteiger partial charge on any atom is -0.504 e. The highest BCUT2D eigenvalue weighted by molar-refractivity contribution is 5.42. The SMILES string of the molecule is CNC(C#N)c1ccc(O)c(O)c1. The molecule has 0 aliphatic heterocycles. The van der Waals surface area contributed by atoms with Crippen molar-refractivity contribution in [3.63, 3.8) is 0 Å². The van der Waals surface area contributed by atoms with Crippen LogP contribution in [0.5, 0.6) is 11.5 Å². The van der Waals surface area contributed by atoms with Crippen LogP contribution in [0.3, 0.4) is 0 Å². The first-order chi connectivity index (χ1) is 6.19. The standard InChI is InChI=1S/C9H10N2O2/c1-11-7(5-10)6-2-3-8(12)9(13)4-6/h2-4,7,11-13H,1H3. The molecule has 0 heterocycles. The van der Waals surface area contributed by atoms with Crippen LogP contribution < -0.4 is 5.32 Å². The zero-order valence-electron chi connectivity index (χ0n) is 7.15. The fourth-order valence-electron chi connectivity index (χ4n) is 1.03. The van der Waals surface area contributed by atoms with Crippen molar-refractivity contribution in [2.75, 3.05) is 7.05 Å². The largest absolute Gasteiger partial charge is 0.504 e. The van der Waals surface area contributed by atoms with E-state index in [1.54, 1.807) is 13.1 Å². The predicted octanol–water partition coefficient (Wildman–Crippen LogP) is 0.882. The summed E-state index contributed by atoms with van der Waals surface area (Å²) in [7, 11) is 1.65. The van der Waals surface area contributed by atoms with Gasteiger partial charge in [-0.05, 0) is 24.7 Å². The van der Waals surface area contributed by atoms with E-state index in [4.69, 9.17) is 15.5 Å². The Morgan fingerprint density at radius 1 is 1.38 bits per heavy atom. The lowest BCUT2D eigenvalue weighted by Crippen LogP contribution is -2.13. The second kappa shape index (κ2) is 3.78. The van der Waals surface area contributed by atoms with E-state index in [1.807, 2.05) is 6.07 Å². The molecule has 4 nitrogen and oxygen atoms in total. The first kappa shape index (κ1) is 9.36. The Labute approximate surface area is 76.1 Å². The summed E-state index contributed by atoms with van der Waals surface area (Å²) in [6, 6.07) is 5.84. The second-order valence-electron chi connectivity index (χ2n) is 2.60. The Kier molecular flexibility index (Phi) is 2.72. The number of phenols is 2. The Morgan fingerprint density at radius 2 is 2.08 bits per heavy atom. The number of nitrogens with zero attached hydrogens (tertiary/aromatic N) is 1. The monoisotopic (exact) mass is 178 g/mol. The Bertz CT molecular complexity index is 344. The lowest BCUT2D eigenvalue weighted by molar-refractivity contribution is 0.402. The zero-order valence-corrected chi connectivity index (χ0v) is 7.15. The molecular formula is C9H10N2O2. The van der Waals surface area contributed by atoms with E-state index in [9.17, 15) is 0 Å². The van der Waals surface area contributed by atoms with Crippen molar-refractivity contribution in [2.24, 2.45) is 0 Å². The maximum Gasteiger partial charge on any atom is 0.157 e. The van der Waals surface area contributed by atoms with Gasteiger partial charge >= 0.3 is 0 Å². The predicted molar refractivity (Wildman–Crippen MR) is 47.2 cm³/mol. The van der Waals surface area contributed by atoms with Crippen molar-refractivity contribution in [3.05, 3.63) is 23.8 Å². The number of hydrogen-bond acceptors (Lipinski definition) is 4. The number of phenolic OH excluding ortho intramolecular Hbond substituents is 2. The third-order valence-corrected chi connectivity index (χ3v) is 1.75. The Balaban J connectivity index is 3.04. The van der Waals surface area contributed by atoms with E-state index < -0.39 is 6.04 Å². The summed E-state index contributed by atoms with van der Waals surface area (Å²) in [5.74, 6) is -0.399. The van der Waals surface area contributed by atoms with E-state index in [0.717, 1.165) is 0 Å². The molecule has 0 aliphatic rings. The summed E-state index contributed by atoms with van der Waals surface area (Å²) in [6.07, 6.45) is 0. The number of aromatic hydroxyl groups is 2. The maximum absolute atomic E-state index is 9.15. The summed E-state index contributed by atoms with van der Waals surface area (Å²) < 4.78 is 0. The van der Waals surface area contributed by atoms with Crippen LogP contribution in [-0.4, -0.2) is 17.3 Å². The minimum atomic E-state index is -0.466. The molecule has 0 aliphatic carbocycles. The molecule has 0 radical (unpaired) electrons. The van der Waals surface area contributed by atoms with Gasteiger partial charge < -0.3 is 15.5 Å². The zero-order chi connectivity index (χ0) is 9.84. The Morgan fingerprint density at radius 3 is 2.54 bits per heavy atom. The van der Waals surface area contributed by atoms with Gasteiger partial charge in [0.2, 0.25) is 0 Å². The smallest absolute Gasteiger partial charge is 0.157 e. The molecule has 1 aromatic rings. The molecule has 0 fully saturated rings. The van der Waals surface area contributed by atoms with E-state index in [1.165, 1.54) is 12.1 Å². The number of rotatable bonds is 2. The van der Waals surface area contributed by atoms with E-state index >= 15 is 0 Å². The molecular weight excluding hydrogens is 168 g/mol. The summed E-state index contributed by atoms with van der Waals surface area (Å²) in [5.41, 5.74) is 0.625. The van der Waals surface area contributed by atoms with Crippen molar-refractivity contribution in [1.29, 1.82) is 5.26 Å². The van der Waals surface area contributed by atoms with Crippen LogP contribution in [0.15, 0.2) is 18.2 Å². The van der Waals surface area contributed by atoms with Crippen LogP contribution in [0.1, 0.15) is 11.6 Å². The van der Waals surface area contributed by atoms with Gasteiger partial charge in [-0.1, -0.05) is 6.07 Å². The van der Waals surface area contributed by atoms with Gasteiger partial charge in [-0.3, -0.25) is 0 Å². The minimum absolute atomic E-state index is 0.184. The van der Waals surface area contributed by atoms with Gasteiger partial charge in [0.25, 0.3) is 0 Å². The maximum atomic E-state index is 9.15. The molecule has 0 saturated heterocycles. The average molecular weight is 178 g/mol. The van der Waals surface area contributed by atoms with Crippen LogP contribution >= 0.6 is 0 Å². The highest BCUT2D eigenvalue weighted by Crippen LogP contribution is 2.27. The van der Waals surface area contributed by atoms with Gasteiger partial charge in [0.1, 0.15) is 6.04 Å². The molecule has 0 amide bonds. The number of benzene rings is 1. The molecule has 1 unspecified atom stereocenters. The lowest BCUT2D eigenvalue weighted by atomic mass is 10.1. The van der Waals surface area contributed by atoms with Gasteiger partial charge in [0.05, 0.1) is 6.07 Å². The second-order valence-corrected chi connectivity index (χ2v) is 2.60. The van der Waals surface area contributed by atoms with Gasteiger partial charge in [0, 0.05) is 0 Å². The topological polar surface area (TPSA) is 76.3 Å². The Hall–Kier alpha value is -1.73. The summed E-state index contributed by atoms with van der Waals surface area (Å²) >= 11 is 0. The van der Waals surface area contributed by atoms with Crippen LogP contribution in [0, 0.1) is 11.3 Å². The summed E-state index contributed by atoms with van der Waals surface area (Å²) in [6.45, 7) is 0. The average Bonchev–Trinajstić information content (AvgIpc) is 2.13. The number of nitriles is 1. The molecule has 68 valence electrons. The van der Waals surface area contributed by atoms with Crippen molar-refractivity contribution < 1.29 is 10.2 Å². The molecule has 0 saturated carbocycles. The van der Waals surface area contributed by atoms with E-state index in [-0.39, 0.29) is 11.5 Å². The van der Waals surface area contributed by atoms with Gasteiger partial charge in [0.15, 0.2) is 11.5 Å². The number of nitrogens with one attached hydrogen (secondary N) is 1. The fraction of sp³-hybridized carbons (Fsp3) is 0.222. The molecule has 0 aromatic heterocycles. The van der Waals surface area contributed by atoms with Crippen LogP contribution in [0.4, 0.5) is 0 Å². The summed E-state index contributed by atoms with van der Waals surface area (Å²) in [5, 5.41) is 29.6. The van der Waals surface area contributed by atoms with Crippen molar-refractivity contribution in [1.82, 2.24) is 5.32 Å². The third kappa shape index (κ3) is 1.89. The quantitative estimate of drug-likeness (QED) is 0.587. The van der Waals surface area contributed by atoms with Crippen molar-refractivity contribution in [3.8, 4) is 17.6 Å². The van der Waals surface area contributed by atoms with Gasteiger partial charge in [-0.25, -0.2) is 0 Å². The third-order valence-electron chi connectivity index (χ3n) is 1.75. The van der Waals surface area contributed by atoms with Crippen molar-refractivity contribution in [2.45, 2.75) is 6.04 Å². The summed E-state index contributed by atoms with van der Waals surface area (Å²) in [4.78, 5) is 0. The molecule has 0 bridgehead atoms. The highest BCUT2D eigenvalue weighted by Gasteiger charge is 2.09. The van der Waals surface area contributed by atoms with E-state index in [2.05, 4.69) is 5.32 Å². The van der Waals surface area contributed by atoms with E-state index in [0.29, 0.717) is 5.56 Å². The van der Waals surface area contributed by atoms with Crippen LogP contribution in [-0.2, 0) is 0 Å². The normalized spacial score (nSPS) is 12.0. The molecule has 13 heavy (non-hydrogen) atoms. The fourth-order valence-corrected chi connectivity index (χ4v) is 1.03. The van der Waals surface area contributed by atoms with Gasteiger partial charge in [-0.2, -0.15) is 5.26 Å². The molecule has 1 aromatic carbocycles. The molecule has 4 heteroatoms.